The highest BCUT2D eigenvalue weighted by atomic mass is 16.2. The summed E-state index contributed by atoms with van der Waals surface area (Å²) in [5.74, 6) is -0.0549. The van der Waals surface area contributed by atoms with Crippen LogP contribution in [0.4, 0.5) is 0 Å². The molecule has 1 aliphatic heterocycles. The van der Waals surface area contributed by atoms with E-state index in [0.717, 1.165) is 24.2 Å². The van der Waals surface area contributed by atoms with E-state index in [1.807, 2.05) is 11.0 Å². The quantitative estimate of drug-likeness (QED) is 0.609. The Kier molecular flexibility index (Phi) is 5.29. The van der Waals surface area contributed by atoms with Crippen LogP contribution in [0.5, 0.6) is 0 Å². The van der Waals surface area contributed by atoms with Crippen molar-refractivity contribution in [3.8, 4) is 0 Å². The molecule has 1 amide bonds. The molecule has 158 valence electrons. The number of piperazine rings is 1. The second kappa shape index (κ2) is 7.91. The van der Waals surface area contributed by atoms with Crippen molar-refractivity contribution in [3.05, 3.63) is 62.6 Å². The second-order valence-corrected chi connectivity index (χ2v) is 7.83. The molecule has 0 saturated carbocycles. The predicted octanol–water partition coefficient (Wildman–Crippen LogP) is 0.0865. The average molecular weight is 410 g/mol. The van der Waals surface area contributed by atoms with Gasteiger partial charge >= 0.3 is 5.69 Å². The zero-order valence-electron chi connectivity index (χ0n) is 17.5. The van der Waals surface area contributed by atoms with Gasteiger partial charge in [0.25, 0.3) is 5.56 Å². The van der Waals surface area contributed by atoms with E-state index < -0.39 is 11.2 Å². The molecule has 0 spiro atoms. The molecular formula is C21H26N6O3. The lowest BCUT2D eigenvalue weighted by atomic mass is 10.1. The van der Waals surface area contributed by atoms with Gasteiger partial charge < -0.3 is 9.47 Å². The van der Waals surface area contributed by atoms with Gasteiger partial charge in [0.05, 0.1) is 6.33 Å². The Labute approximate surface area is 173 Å². The van der Waals surface area contributed by atoms with Crippen LogP contribution >= 0.6 is 0 Å². The number of nitrogens with zero attached hydrogens (tertiary/aromatic N) is 6. The first-order chi connectivity index (χ1) is 14.4. The SMILES string of the molecule is Cc1ccccc1CN1CCN(C(=O)Cn2cnc3c2c(=O)n(C)c(=O)n3C)CC1. The molecule has 0 radical (unpaired) electrons. The maximum absolute atomic E-state index is 12.9. The van der Waals surface area contributed by atoms with Crippen LogP contribution in [0.15, 0.2) is 40.2 Å². The van der Waals surface area contributed by atoms with E-state index in [1.54, 1.807) is 11.6 Å². The van der Waals surface area contributed by atoms with Gasteiger partial charge in [0.1, 0.15) is 6.54 Å². The molecule has 1 aliphatic rings. The molecule has 0 bridgehead atoms. The summed E-state index contributed by atoms with van der Waals surface area (Å²) in [6, 6.07) is 8.35. The lowest BCUT2D eigenvalue weighted by Crippen LogP contribution is -2.49. The first kappa shape index (κ1) is 20.1. The van der Waals surface area contributed by atoms with Crippen molar-refractivity contribution in [2.45, 2.75) is 20.0 Å². The molecule has 1 aromatic carbocycles. The molecule has 0 atom stereocenters. The van der Waals surface area contributed by atoms with Gasteiger partial charge in [-0.05, 0) is 18.1 Å². The van der Waals surface area contributed by atoms with Crippen LogP contribution in [0.2, 0.25) is 0 Å². The number of aromatic nitrogens is 4. The van der Waals surface area contributed by atoms with Crippen molar-refractivity contribution in [3.63, 3.8) is 0 Å². The number of carbonyl (C=O) groups excluding carboxylic acids is 1. The maximum Gasteiger partial charge on any atom is 0.332 e. The van der Waals surface area contributed by atoms with E-state index in [4.69, 9.17) is 0 Å². The van der Waals surface area contributed by atoms with Gasteiger partial charge in [-0.2, -0.15) is 0 Å². The Morgan fingerprint density at radius 3 is 2.43 bits per heavy atom. The zero-order valence-corrected chi connectivity index (χ0v) is 17.5. The number of aryl methyl sites for hydroxylation is 2. The van der Waals surface area contributed by atoms with Crippen molar-refractivity contribution in [2.75, 3.05) is 26.2 Å². The van der Waals surface area contributed by atoms with Crippen LogP contribution in [0.1, 0.15) is 11.1 Å². The highest BCUT2D eigenvalue weighted by Gasteiger charge is 2.23. The van der Waals surface area contributed by atoms with E-state index in [0.29, 0.717) is 18.7 Å². The summed E-state index contributed by atoms with van der Waals surface area (Å²) in [4.78, 5) is 45.8. The third kappa shape index (κ3) is 3.56. The summed E-state index contributed by atoms with van der Waals surface area (Å²) in [5.41, 5.74) is 2.27. The van der Waals surface area contributed by atoms with Crippen LogP contribution in [-0.4, -0.2) is 60.6 Å². The van der Waals surface area contributed by atoms with Crippen LogP contribution in [0.25, 0.3) is 11.2 Å². The smallest absolute Gasteiger partial charge is 0.332 e. The van der Waals surface area contributed by atoms with Gasteiger partial charge in [0.15, 0.2) is 11.2 Å². The van der Waals surface area contributed by atoms with Crippen LogP contribution in [-0.2, 0) is 32.0 Å². The monoisotopic (exact) mass is 410 g/mol. The van der Waals surface area contributed by atoms with Crippen LogP contribution in [0.3, 0.4) is 0 Å². The van der Waals surface area contributed by atoms with E-state index in [9.17, 15) is 14.4 Å². The number of hydrogen-bond donors (Lipinski definition) is 0. The molecule has 0 N–H and O–H groups in total. The normalized spacial score (nSPS) is 15.1. The molecule has 3 aromatic rings. The highest BCUT2D eigenvalue weighted by Crippen LogP contribution is 2.13. The topological polar surface area (TPSA) is 85.4 Å². The Morgan fingerprint density at radius 2 is 1.73 bits per heavy atom. The number of carbonyl (C=O) groups is 1. The summed E-state index contributed by atoms with van der Waals surface area (Å²) in [6.45, 7) is 5.93. The summed E-state index contributed by atoms with van der Waals surface area (Å²) >= 11 is 0. The molecular weight excluding hydrogens is 384 g/mol. The number of imidazole rings is 1. The van der Waals surface area contributed by atoms with Gasteiger partial charge in [0, 0.05) is 46.8 Å². The summed E-state index contributed by atoms with van der Waals surface area (Å²) in [7, 11) is 2.99. The fourth-order valence-corrected chi connectivity index (χ4v) is 3.95. The molecule has 1 saturated heterocycles. The molecule has 9 nitrogen and oxygen atoms in total. The Balaban J connectivity index is 1.44. The van der Waals surface area contributed by atoms with Crippen molar-refractivity contribution in [2.24, 2.45) is 14.1 Å². The standard InChI is InChI=1S/C21H26N6O3/c1-15-6-4-5-7-16(15)12-25-8-10-26(11-9-25)17(28)13-27-14-22-19-18(27)20(29)24(3)21(30)23(19)2/h4-7,14H,8-13H2,1-3H3. The van der Waals surface area contributed by atoms with E-state index in [-0.39, 0.29) is 18.0 Å². The number of rotatable bonds is 4. The van der Waals surface area contributed by atoms with Gasteiger partial charge in [-0.15, -0.1) is 0 Å². The number of fused-ring (bicyclic) bond motifs is 1. The Bertz CT molecular complexity index is 1210. The minimum Gasteiger partial charge on any atom is -0.339 e. The number of amides is 1. The summed E-state index contributed by atoms with van der Waals surface area (Å²) in [5, 5.41) is 0. The predicted molar refractivity (Wildman–Crippen MR) is 113 cm³/mol. The second-order valence-electron chi connectivity index (χ2n) is 7.83. The molecule has 2 aromatic heterocycles. The van der Waals surface area contributed by atoms with Crippen molar-refractivity contribution in [1.82, 2.24) is 28.5 Å². The first-order valence-corrected chi connectivity index (χ1v) is 10.0. The fourth-order valence-electron chi connectivity index (χ4n) is 3.95. The van der Waals surface area contributed by atoms with Crippen molar-refractivity contribution < 1.29 is 4.79 Å². The molecule has 9 heteroatoms. The minimum atomic E-state index is -0.443. The summed E-state index contributed by atoms with van der Waals surface area (Å²) in [6.07, 6.45) is 1.46. The molecule has 4 rings (SSSR count). The maximum atomic E-state index is 12.9. The lowest BCUT2D eigenvalue weighted by Gasteiger charge is -2.35. The highest BCUT2D eigenvalue weighted by molar-refractivity contribution is 5.79. The Morgan fingerprint density at radius 1 is 1.03 bits per heavy atom. The molecule has 0 unspecified atom stereocenters. The zero-order chi connectivity index (χ0) is 21.4. The number of benzene rings is 1. The summed E-state index contributed by atoms with van der Waals surface area (Å²) < 4.78 is 3.90. The van der Waals surface area contributed by atoms with E-state index in [2.05, 4.69) is 35.0 Å². The van der Waals surface area contributed by atoms with Gasteiger partial charge in [-0.25, -0.2) is 9.78 Å². The van der Waals surface area contributed by atoms with Crippen molar-refractivity contribution >= 4 is 17.1 Å². The van der Waals surface area contributed by atoms with E-state index in [1.165, 1.54) is 29.1 Å². The molecule has 3 heterocycles. The largest absolute Gasteiger partial charge is 0.339 e. The third-order valence-electron chi connectivity index (χ3n) is 5.90. The van der Waals surface area contributed by atoms with Gasteiger partial charge in [-0.3, -0.25) is 23.6 Å². The van der Waals surface area contributed by atoms with E-state index >= 15 is 0 Å². The van der Waals surface area contributed by atoms with Gasteiger partial charge in [0.2, 0.25) is 5.91 Å². The molecule has 30 heavy (non-hydrogen) atoms. The van der Waals surface area contributed by atoms with Gasteiger partial charge in [-0.1, -0.05) is 24.3 Å². The molecule has 1 fully saturated rings. The third-order valence-corrected chi connectivity index (χ3v) is 5.90. The van der Waals surface area contributed by atoms with Crippen LogP contribution in [0, 0.1) is 6.92 Å². The van der Waals surface area contributed by atoms with Crippen molar-refractivity contribution in [1.29, 1.82) is 0 Å². The Hall–Kier alpha value is -3.20. The minimum absolute atomic E-state index is 0.0295. The number of hydrogen-bond acceptors (Lipinski definition) is 5. The average Bonchev–Trinajstić information content (AvgIpc) is 3.16. The lowest BCUT2D eigenvalue weighted by molar-refractivity contribution is -0.133. The first-order valence-electron chi connectivity index (χ1n) is 10.0. The fraction of sp³-hybridized carbons (Fsp3) is 0.429. The molecule has 0 aliphatic carbocycles. The van der Waals surface area contributed by atoms with Crippen LogP contribution < -0.4 is 11.2 Å².